The maximum atomic E-state index is 12.0. The van der Waals surface area contributed by atoms with Crippen molar-refractivity contribution in [1.29, 1.82) is 0 Å². The number of ether oxygens (including phenoxy) is 1. The summed E-state index contributed by atoms with van der Waals surface area (Å²) in [5.41, 5.74) is 1.13. The summed E-state index contributed by atoms with van der Waals surface area (Å²) >= 11 is 1.67. The molecule has 0 unspecified atom stereocenters. The van der Waals surface area contributed by atoms with E-state index >= 15 is 0 Å². The number of amides is 1. The van der Waals surface area contributed by atoms with Crippen molar-refractivity contribution in [3.63, 3.8) is 0 Å². The van der Waals surface area contributed by atoms with Crippen molar-refractivity contribution in [2.75, 3.05) is 33.8 Å². The summed E-state index contributed by atoms with van der Waals surface area (Å²) in [5.74, 6) is 1.51. The van der Waals surface area contributed by atoms with Crippen LogP contribution in [0, 0.1) is 0 Å². The van der Waals surface area contributed by atoms with Crippen molar-refractivity contribution < 1.29 is 9.53 Å². The van der Waals surface area contributed by atoms with Gasteiger partial charge in [-0.05, 0) is 12.3 Å². The Hall–Kier alpha value is -1.77. The highest BCUT2D eigenvalue weighted by atomic mass is 32.1. The number of hydrogen-bond acceptors (Lipinski definition) is 6. The molecule has 2 saturated heterocycles. The first-order chi connectivity index (χ1) is 13.4. The van der Waals surface area contributed by atoms with E-state index in [-0.39, 0.29) is 12.0 Å². The summed E-state index contributed by atoms with van der Waals surface area (Å²) in [6.45, 7) is 6.81. The Morgan fingerprint density at radius 3 is 2.89 bits per heavy atom. The van der Waals surface area contributed by atoms with Crippen LogP contribution in [0.25, 0.3) is 10.8 Å². The third-order valence-corrected chi connectivity index (χ3v) is 6.59. The van der Waals surface area contributed by atoms with Crippen LogP contribution in [-0.4, -0.2) is 76.2 Å². The number of rotatable bonds is 5. The first-order valence-corrected chi connectivity index (χ1v) is 10.8. The van der Waals surface area contributed by atoms with Gasteiger partial charge >= 0.3 is 0 Å². The average Bonchev–Trinajstić information content (AvgIpc) is 3.38. The summed E-state index contributed by atoms with van der Waals surface area (Å²) in [6.07, 6.45) is 5.43. The average molecular weight is 404 g/mol. The highest BCUT2D eigenvalue weighted by Gasteiger charge is 2.39. The molecule has 152 valence electrons. The van der Waals surface area contributed by atoms with Gasteiger partial charge in [-0.3, -0.25) is 9.69 Å². The smallest absolute Gasteiger partial charge is 0.224 e. The quantitative estimate of drug-likeness (QED) is 0.768. The largest absolute Gasteiger partial charge is 0.375 e. The Labute approximate surface area is 170 Å². The summed E-state index contributed by atoms with van der Waals surface area (Å²) in [6, 6.07) is 0.772. The molecular formula is C20H29N5O2S. The zero-order chi connectivity index (χ0) is 19.8. The van der Waals surface area contributed by atoms with Crippen LogP contribution in [0.1, 0.15) is 44.3 Å². The molecule has 0 aromatic carbocycles. The van der Waals surface area contributed by atoms with Crippen molar-refractivity contribution in [2.45, 2.75) is 50.8 Å². The summed E-state index contributed by atoms with van der Waals surface area (Å²) in [7, 11) is 3.59. The maximum Gasteiger partial charge on any atom is 0.224 e. The van der Waals surface area contributed by atoms with Crippen LogP contribution in [0.15, 0.2) is 17.8 Å². The predicted octanol–water partition coefficient (Wildman–Crippen LogP) is 2.62. The number of fused-ring (bicyclic) bond motifs is 1. The van der Waals surface area contributed by atoms with E-state index < -0.39 is 0 Å². The van der Waals surface area contributed by atoms with Gasteiger partial charge in [-0.25, -0.2) is 9.97 Å². The van der Waals surface area contributed by atoms with E-state index in [1.165, 1.54) is 0 Å². The van der Waals surface area contributed by atoms with Gasteiger partial charge in [0.1, 0.15) is 0 Å². The van der Waals surface area contributed by atoms with Crippen LogP contribution >= 0.6 is 11.3 Å². The molecule has 4 heterocycles. The summed E-state index contributed by atoms with van der Waals surface area (Å²) in [4.78, 5) is 25.5. The zero-order valence-electron chi connectivity index (χ0n) is 17.0. The number of nitrogens with zero attached hydrogens (tertiary/aromatic N) is 5. The Morgan fingerprint density at radius 1 is 1.36 bits per heavy atom. The van der Waals surface area contributed by atoms with Crippen molar-refractivity contribution in [3.05, 3.63) is 23.5 Å². The summed E-state index contributed by atoms with van der Waals surface area (Å²) < 4.78 is 8.28. The van der Waals surface area contributed by atoms with Crippen molar-refractivity contribution in [1.82, 2.24) is 24.3 Å². The fourth-order valence-electron chi connectivity index (χ4n) is 4.05. The molecule has 0 radical (unpaired) electrons. The van der Waals surface area contributed by atoms with E-state index in [1.807, 2.05) is 6.20 Å². The molecule has 8 heteroatoms. The minimum absolute atomic E-state index is 0.0141. The zero-order valence-corrected chi connectivity index (χ0v) is 17.9. The molecule has 4 rings (SSSR count). The van der Waals surface area contributed by atoms with E-state index in [4.69, 9.17) is 9.72 Å². The highest BCUT2D eigenvalue weighted by Crippen LogP contribution is 2.35. The van der Waals surface area contributed by atoms with Gasteiger partial charge in [0.25, 0.3) is 0 Å². The topological polar surface area (TPSA) is 63.5 Å². The molecule has 0 saturated carbocycles. The molecule has 0 spiro atoms. The monoisotopic (exact) mass is 403 g/mol. The van der Waals surface area contributed by atoms with E-state index in [9.17, 15) is 4.79 Å². The van der Waals surface area contributed by atoms with Gasteiger partial charge in [-0.15, -0.1) is 11.3 Å². The first kappa shape index (κ1) is 19.5. The van der Waals surface area contributed by atoms with Gasteiger partial charge in [0, 0.05) is 57.0 Å². The molecule has 2 aromatic heterocycles. The Kier molecular flexibility index (Phi) is 5.53. The lowest BCUT2D eigenvalue weighted by atomic mass is 10.1. The fourth-order valence-corrected chi connectivity index (χ4v) is 5.02. The van der Waals surface area contributed by atoms with E-state index in [0.717, 1.165) is 36.0 Å². The van der Waals surface area contributed by atoms with Crippen LogP contribution in [0.2, 0.25) is 0 Å². The standard InChI is InChI=1S/C20H29N5O2S/c1-13(2)17-12-28-20(22-17)19-21-5-6-25(19)14-7-15-11-27-16(10-24(15)9-14)8-18(26)23(3)4/h5-6,12-16H,7-11H2,1-4H3/t14-,15+,16+/m1/s1. The van der Waals surface area contributed by atoms with Crippen molar-refractivity contribution >= 4 is 17.2 Å². The number of imidazole rings is 1. The Morgan fingerprint density at radius 2 is 2.18 bits per heavy atom. The molecule has 2 aliphatic rings. The molecule has 3 atom stereocenters. The number of aromatic nitrogens is 3. The first-order valence-electron chi connectivity index (χ1n) is 9.96. The van der Waals surface area contributed by atoms with Gasteiger partial charge in [0.15, 0.2) is 10.8 Å². The molecule has 0 aliphatic carbocycles. The second-order valence-corrected chi connectivity index (χ2v) is 9.19. The molecule has 2 fully saturated rings. The van der Waals surface area contributed by atoms with Crippen LogP contribution in [0.3, 0.4) is 0 Å². The molecule has 28 heavy (non-hydrogen) atoms. The predicted molar refractivity (Wildman–Crippen MR) is 109 cm³/mol. The minimum Gasteiger partial charge on any atom is -0.375 e. The third kappa shape index (κ3) is 3.86. The van der Waals surface area contributed by atoms with Crippen LogP contribution in [-0.2, 0) is 9.53 Å². The fraction of sp³-hybridized carbons (Fsp3) is 0.650. The Bertz CT molecular complexity index is 830. The number of hydrogen-bond donors (Lipinski definition) is 0. The van der Waals surface area contributed by atoms with Gasteiger partial charge in [0.05, 0.1) is 24.8 Å². The van der Waals surface area contributed by atoms with Gasteiger partial charge in [-0.2, -0.15) is 0 Å². The molecule has 0 bridgehead atoms. The highest BCUT2D eigenvalue weighted by molar-refractivity contribution is 7.13. The van der Waals surface area contributed by atoms with Crippen LogP contribution in [0.5, 0.6) is 0 Å². The molecular weight excluding hydrogens is 374 g/mol. The number of carbonyl (C=O) groups excluding carboxylic acids is 1. The lowest BCUT2D eigenvalue weighted by molar-refractivity contribution is -0.134. The normalized spacial score (nSPS) is 25.2. The van der Waals surface area contributed by atoms with Gasteiger partial charge < -0.3 is 14.2 Å². The minimum atomic E-state index is -0.0141. The van der Waals surface area contributed by atoms with Gasteiger partial charge in [-0.1, -0.05) is 13.8 Å². The summed E-state index contributed by atoms with van der Waals surface area (Å²) in [5, 5.41) is 3.13. The van der Waals surface area contributed by atoms with Crippen LogP contribution in [0.4, 0.5) is 0 Å². The molecule has 7 nitrogen and oxygen atoms in total. The lowest BCUT2D eigenvalue weighted by Crippen LogP contribution is -2.47. The second-order valence-electron chi connectivity index (χ2n) is 8.34. The number of carbonyl (C=O) groups is 1. The lowest BCUT2D eigenvalue weighted by Gasteiger charge is -2.35. The van der Waals surface area contributed by atoms with Crippen LogP contribution < -0.4 is 0 Å². The molecule has 2 aromatic rings. The number of morpholine rings is 1. The van der Waals surface area contributed by atoms with Crippen molar-refractivity contribution in [3.8, 4) is 10.8 Å². The third-order valence-electron chi connectivity index (χ3n) is 5.74. The van der Waals surface area contributed by atoms with Crippen molar-refractivity contribution in [2.24, 2.45) is 0 Å². The second kappa shape index (κ2) is 7.93. The Balaban J connectivity index is 1.45. The van der Waals surface area contributed by atoms with E-state index in [0.29, 0.717) is 31.0 Å². The molecule has 2 aliphatic heterocycles. The van der Waals surface area contributed by atoms with Gasteiger partial charge in [0.2, 0.25) is 5.91 Å². The number of thiazole rings is 1. The SMILES string of the molecule is CC(C)c1csc(-c2nccn2[C@@H]2C[C@H]3CO[C@@H](CC(=O)N(C)C)CN3C2)n1. The molecule has 1 amide bonds. The van der Waals surface area contributed by atoms with E-state index in [2.05, 4.69) is 39.9 Å². The van der Waals surface area contributed by atoms with E-state index in [1.54, 1.807) is 30.3 Å². The molecule has 0 N–H and O–H groups in total. The maximum absolute atomic E-state index is 12.0.